The van der Waals surface area contributed by atoms with Crippen LogP contribution >= 0.6 is 46.1 Å². The van der Waals surface area contributed by atoms with Crippen LogP contribution in [0.5, 0.6) is 0 Å². The van der Waals surface area contributed by atoms with Crippen molar-refractivity contribution >= 4 is 52.0 Å². The van der Waals surface area contributed by atoms with Gasteiger partial charge in [0.1, 0.15) is 5.01 Å². The number of amides is 1. The van der Waals surface area contributed by atoms with E-state index in [1.54, 1.807) is 18.4 Å². The van der Waals surface area contributed by atoms with Crippen LogP contribution in [0.15, 0.2) is 5.38 Å². The molecule has 0 saturated carbocycles. The molecule has 118 valence electrons. The lowest BCUT2D eigenvalue weighted by Crippen LogP contribution is -2.36. The van der Waals surface area contributed by atoms with Crippen LogP contribution in [0, 0.1) is 0 Å². The molecule has 0 aliphatic carbocycles. The summed E-state index contributed by atoms with van der Waals surface area (Å²) in [6.07, 6.45) is 0. The molecule has 1 amide bonds. The summed E-state index contributed by atoms with van der Waals surface area (Å²) in [6, 6.07) is 0. The molecule has 1 saturated heterocycles. The Balaban J connectivity index is 1.89. The van der Waals surface area contributed by atoms with Gasteiger partial charge in [-0.15, -0.1) is 11.3 Å². The minimum Gasteiger partial charge on any atom is -0.379 e. The van der Waals surface area contributed by atoms with Crippen molar-refractivity contribution in [3.63, 3.8) is 0 Å². The number of carbonyl (C=O) groups is 1. The van der Waals surface area contributed by atoms with Gasteiger partial charge in [0.25, 0.3) is 9.70 Å². The van der Waals surface area contributed by atoms with E-state index in [2.05, 4.69) is 9.88 Å². The van der Waals surface area contributed by atoms with E-state index in [4.69, 9.17) is 39.5 Å². The molecular formula is C12H16Cl3N3O2S. The third-order valence-electron chi connectivity index (χ3n) is 3.05. The van der Waals surface area contributed by atoms with Gasteiger partial charge in [0.2, 0.25) is 0 Å². The van der Waals surface area contributed by atoms with Crippen LogP contribution in [0.2, 0.25) is 0 Å². The van der Waals surface area contributed by atoms with Gasteiger partial charge in [0, 0.05) is 25.5 Å². The van der Waals surface area contributed by atoms with Crippen LogP contribution < -0.4 is 0 Å². The topological polar surface area (TPSA) is 45.7 Å². The lowest BCUT2D eigenvalue weighted by molar-refractivity contribution is -0.129. The predicted octanol–water partition coefficient (Wildman–Crippen LogP) is 2.30. The van der Waals surface area contributed by atoms with E-state index in [1.165, 1.54) is 4.90 Å². The summed E-state index contributed by atoms with van der Waals surface area (Å²) in [7, 11) is 1.59. The van der Waals surface area contributed by atoms with Gasteiger partial charge in [0.15, 0.2) is 0 Å². The minimum absolute atomic E-state index is 0.326. The highest BCUT2D eigenvalue weighted by atomic mass is 35.6. The summed E-state index contributed by atoms with van der Waals surface area (Å²) in [6.45, 7) is 4.49. The van der Waals surface area contributed by atoms with Crippen molar-refractivity contribution in [2.24, 2.45) is 0 Å². The third kappa shape index (κ3) is 5.23. The number of aromatic nitrogens is 1. The zero-order valence-corrected chi connectivity index (χ0v) is 14.6. The molecule has 21 heavy (non-hydrogen) atoms. The first-order chi connectivity index (χ1) is 9.86. The normalized spacial score (nSPS) is 17.0. The van der Waals surface area contributed by atoms with Crippen LogP contribution in [0.4, 0.5) is 0 Å². The van der Waals surface area contributed by atoms with Crippen molar-refractivity contribution < 1.29 is 9.53 Å². The first kappa shape index (κ1) is 17.2. The SMILES string of the molecule is CN(Cc1csc(CN2CCOCC2)n1)C(=O)C(Cl)(Cl)Cl. The summed E-state index contributed by atoms with van der Waals surface area (Å²) in [5.74, 6) is -0.560. The van der Waals surface area contributed by atoms with Gasteiger partial charge in [-0.2, -0.15) is 0 Å². The maximum absolute atomic E-state index is 11.8. The van der Waals surface area contributed by atoms with Gasteiger partial charge >= 0.3 is 0 Å². The number of hydrogen-bond donors (Lipinski definition) is 0. The molecule has 2 heterocycles. The lowest BCUT2D eigenvalue weighted by Gasteiger charge is -2.25. The zero-order chi connectivity index (χ0) is 15.5. The smallest absolute Gasteiger partial charge is 0.274 e. The number of hydrogen-bond acceptors (Lipinski definition) is 5. The molecule has 5 nitrogen and oxygen atoms in total. The van der Waals surface area contributed by atoms with Gasteiger partial charge in [-0.3, -0.25) is 9.69 Å². The van der Waals surface area contributed by atoms with E-state index < -0.39 is 9.70 Å². The number of ether oxygens (including phenoxy) is 1. The van der Waals surface area contributed by atoms with E-state index in [-0.39, 0.29) is 0 Å². The van der Waals surface area contributed by atoms with Crippen molar-refractivity contribution in [2.75, 3.05) is 33.4 Å². The van der Waals surface area contributed by atoms with Crippen LogP contribution in [-0.2, 0) is 22.6 Å². The number of halogens is 3. The summed E-state index contributed by atoms with van der Waals surface area (Å²) >= 11 is 18.3. The second kappa shape index (κ2) is 7.44. The van der Waals surface area contributed by atoms with Crippen LogP contribution in [0.25, 0.3) is 0 Å². The molecule has 1 aliphatic rings. The number of morpholine rings is 1. The van der Waals surface area contributed by atoms with Crippen LogP contribution in [0.3, 0.4) is 0 Å². The molecule has 0 bridgehead atoms. The van der Waals surface area contributed by atoms with Crippen molar-refractivity contribution in [3.8, 4) is 0 Å². The molecule has 9 heteroatoms. The Morgan fingerprint density at radius 3 is 2.76 bits per heavy atom. The maximum Gasteiger partial charge on any atom is 0.274 e. The van der Waals surface area contributed by atoms with E-state index in [0.717, 1.165) is 43.5 Å². The van der Waals surface area contributed by atoms with Crippen LogP contribution in [-0.4, -0.2) is 57.8 Å². The second-order valence-corrected chi connectivity index (χ2v) is 8.00. The van der Waals surface area contributed by atoms with Gasteiger partial charge in [-0.05, 0) is 0 Å². The zero-order valence-electron chi connectivity index (χ0n) is 11.5. The Kier molecular flexibility index (Phi) is 6.11. The fraction of sp³-hybridized carbons (Fsp3) is 0.667. The molecule has 0 atom stereocenters. The first-order valence-corrected chi connectivity index (χ1v) is 8.43. The second-order valence-electron chi connectivity index (χ2n) is 4.78. The lowest BCUT2D eigenvalue weighted by atomic mass is 10.4. The Hall–Kier alpha value is -0.110. The van der Waals surface area contributed by atoms with E-state index >= 15 is 0 Å². The van der Waals surface area contributed by atoms with Crippen LogP contribution in [0.1, 0.15) is 10.7 Å². The Bertz CT molecular complexity index is 486. The molecule has 1 fully saturated rings. The summed E-state index contributed by atoms with van der Waals surface area (Å²) in [4.78, 5) is 20.0. The highest BCUT2D eigenvalue weighted by molar-refractivity contribution is 7.09. The van der Waals surface area contributed by atoms with Crippen molar-refractivity contribution in [3.05, 3.63) is 16.1 Å². The molecule has 0 spiro atoms. The van der Waals surface area contributed by atoms with Crippen molar-refractivity contribution in [1.29, 1.82) is 0 Å². The highest BCUT2D eigenvalue weighted by Gasteiger charge is 2.33. The quantitative estimate of drug-likeness (QED) is 0.761. The molecular weight excluding hydrogens is 357 g/mol. The van der Waals surface area contributed by atoms with Gasteiger partial charge in [-0.25, -0.2) is 4.98 Å². The van der Waals surface area contributed by atoms with Crippen molar-refractivity contribution in [2.45, 2.75) is 16.9 Å². The number of thiazole rings is 1. The molecule has 1 aliphatic heterocycles. The summed E-state index contributed by atoms with van der Waals surface area (Å²) in [5.41, 5.74) is 0.799. The molecule has 0 aromatic carbocycles. The monoisotopic (exact) mass is 371 g/mol. The Labute approximate surface area is 142 Å². The number of nitrogens with zero attached hydrogens (tertiary/aromatic N) is 3. The molecule has 2 rings (SSSR count). The van der Waals surface area contributed by atoms with Gasteiger partial charge in [0.05, 0.1) is 32.0 Å². The summed E-state index contributed by atoms with van der Waals surface area (Å²) < 4.78 is 3.38. The summed E-state index contributed by atoms with van der Waals surface area (Å²) in [5, 5.41) is 2.94. The molecule has 1 aromatic rings. The Morgan fingerprint density at radius 1 is 1.48 bits per heavy atom. The van der Waals surface area contributed by atoms with E-state index in [0.29, 0.717) is 6.54 Å². The highest BCUT2D eigenvalue weighted by Crippen LogP contribution is 2.28. The van der Waals surface area contributed by atoms with Gasteiger partial charge < -0.3 is 9.64 Å². The number of carbonyl (C=O) groups excluding carboxylic acids is 1. The third-order valence-corrected chi connectivity index (χ3v) is 4.42. The van der Waals surface area contributed by atoms with Gasteiger partial charge in [-0.1, -0.05) is 34.8 Å². The number of rotatable bonds is 4. The average Bonchev–Trinajstić information content (AvgIpc) is 2.85. The minimum atomic E-state index is -1.93. The van der Waals surface area contributed by atoms with E-state index in [1.807, 2.05) is 5.38 Å². The molecule has 0 N–H and O–H groups in total. The van der Waals surface area contributed by atoms with Crippen molar-refractivity contribution in [1.82, 2.24) is 14.8 Å². The molecule has 0 radical (unpaired) electrons. The average molecular weight is 373 g/mol. The predicted molar refractivity (Wildman–Crippen MR) is 85.0 cm³/mol. The molecule has 0 unspecified atom stereocenters. The largest absolute Gasteiger partial charge is 0.379 e. The fourth-order valence-corrected chi connectivity index (χ4v) is 3.24. The first-order valence-electron chi connectivity index (χ1n) is 6.42. The number of alkyl halides is 3. The maximum atomic E-state index is 11.8. The van der Waals surface area contributed by atoms with E-state index in [9.17, 15) is 4.79 Å². The molecule has 1 aromatic heterocycles. The fourth-order valence-electron chi connectivity index (χ4n) is 1.98. The Morgan fingerprint density at radius 2 is 2.14 bits per heavy atom. The standard InChI is InChI=1S/C12H16Cl3N3O2S/c1-17(11(19)12(13,14)15)6-9-8-21-10(16-9)7-18-2-4-20-5-3-18/h8H,2-7H2,1H3.